The zero-order valence-electron chi connectivity index (χ0n) is 8.87. The first kappa shape index (κ1) is 11.8. The number of rotatable bonds is 2. The summed E-state index contributed by atoms with van der Waals surface area (Å²) >= 11 is 0. The molecule has 0 radical (unpaired) electrons. The lowest BCUT2D eigenvalue weighted by Crippen LogP contribution is -1.84. The van der Waals surface area contributed by atoms with Gasteiger partial charge in [-0.3, -0.25) is 0 Å². The number of allylic oxidation sites excluding steroid dienone is 1. The molecule has 0 aliphatic rings. The van der Waals surface area contributed by atoms with Crippen LogP contribution in [-0.4, -0.2) is 7.11 Å². The van der Waals surface area contributed by atoms with E-state index in [0.29, 0.717) is 0 Å². The molecule has 0 amide bonds. The van der Waals surface area contributed by atoms with Crippen LogP contribution in [0.2, 0.25) is 0 Å². The number of methoxy groups -OCH3 is 1. The Kier molecular flexibility index (Phi) is 6.70. The monoisotopic (exact) mass is 178 g/mol. The van der Waals surface area contributed by atoms with E-state index < -0.39 is 0 Å². The van der Waals surface area contributed by atoms with E-state index in [1.165, 1.54) is 0 Å². The van der Waals surface area contributed by atoms with Gasteiger partial charge in [-0.2, -0.15) is 0 Å². The molecule has 1 heteroatoms. The van der Waals surface area contributed by atoms with Crippen LogP contribution in [0, 0.1) is 0 Å². The molecule has 0 saturated heterocycles. The van der Waals surface area contributed by atoms with Crippen molar-refractivity contribution in [2.24, 2.45) is 0 Å². The van der Waals surface area contributed by atoms with Crippen LogP contribution in [-0.2, 0) is 0 Å². The Labute approximate surface area is 81.1 Å². The van der Waals surface area contributed by atoms with Crippen molar-refractivity contribution in [3.05, 3.63) is 35.9 Å². The molecule has 1 rings (SSSR count). The Bertz CT molecular complexity index is 251. The Hall–Kier alpha value is -1.24. The van der Waals surface area contributed by atoms with Gasteiger partial charge in [-0.15, -0.1) is 0 Å². The molecule has 0 aliphatic carbocycles. The molecule has 0 aliphatic heterocycles. The zero-order valence-corrected chi connectivity index (χ0v) is 8.87. The van der Waals surface area contributed by atoms with E-state index in [0.717, 1.165) is 11.3 Å². The van der Waals surface area contributed by atoms with E-state index in [1.54, 1.807) is 7.11 Å². The Morgan fingerprint density at radius 2 is 1.77 bits per heavy atom. The van der Waals surface area contributed by atoms with Crippen LogP contribution in [0.5, 0.6) is 5.75 Å². The van der Waals surface area contributed by atoms with Gasteiger partial charge in [0.2, 0.25) is 0 Å². The highest BCUT2D eigenvalue weighted by Crippen LogP contribution is 2.18. The van der Waals surface area contributed by atoms with Crippen LogP contribution in [0.3, 0.4) is 0 Å². The van der Waals surface area contributed by atoms with Crippen molar-refractivity contribution in [2.75, 3.05) is 7.11 Å². The Morgan fingerprint density at radius 1 is 1.15 bits per heavy atom. The van der Waals surface area contributed by atoms with Crippen molar-refractivity contribution >= 4 is 6.08 Å². The topological polar surface area (TPSA) is 9.23 Å². The minimum absolute atomic E-state index is 0.922. The van der Waals surface area contributed by atoms with Crippen molar-refractivity contribution in [3.63, 3.8) is 0 Å². The fourth-order valence-corrected chi connectivity index (χ4v) is 0.984. The second-order valence-electron chi connectivity index (χ2n) is 2.24. The molecule has 0 aromatic heterocycles. The molecule has 0 atom stereocenters. The average molecular weight is 178 g/mol. The minimum atomic E-state index is 0.922. The predicted molar refractivity (Wildman–Crippen MR) is 59.1 cm³/mol. The van der Waals surface area contributed by atoms with E-state index in [2.05, 4.69) is 0 Å². The summed E-state index contributed by atoms with van der Waals surface area (Å²) < 4.78 is 5.15. The third-order valence-electron chi connectivity index (χ3n) is 1.49. The van der Waals surface area contributed by atoms with Gasteiger partial charge in [0.25, 0.3) is 0 Å². The first-order chi connectivity index (χ1) is 6.38. The van der Waals surface area contributed by atoms with Crippen molar-refractivity contribution in [3.8, 4) is 5.75 Å². The lowest BCUT2D eigenvalue weighted by molar-refractivity contribution is 0.414. The van der Waals surface area contributed by atoms with Crippen molar-refractivity contribution in [1.29, 1.82) is 0 Å². The van der Waals surface area contributed by atoms with E-state index in [-0.39, 0.29) is 0 Å². The van der Waals surface area contributed by atoms with Crippen LogP contribution in [0.15, 0.2) is 30.3 Å². The van der Waals surface area contributed by atoms with Crippen LogP contribution >= 0.6 is 0 Å². The molecule has 0 unspecified atom stereocenters. The maximum atomic E-state index is 5.15. The second kappa shape index (κ2) is 7.41. The number of hydrogen-bond donors (Lipinski definition) is 0. The normalized spacial score (nSPS) is 9.23. The van der Waals surface area contributed by atoms with Crippen molar-refractivity contribution in [1.82, 2.24) is 0 Å². The van der Waals surface area contributed by atoms with Crippen LogP contribution in [0.25, 0.3) is 6.08 Å². The van der Waals surface area contributed by atoms with Crippen LogP contribution in [0.4, 0.5) is 0 Å². The van der Waals surface area contributed by atoms with Gasteiger partial charge < -0.3 is 4.74 Å². The Morgan fingerprint density at radius 3 is 2.31 bits per heavy atom. The van der Waals surface area contributed by atoms with Crippen LogP contribution < -0.4 is 4.74 Å². The summed E-state index contributed by atoms with van der Waals surface area (Å²) in [6, 6.07) is 7.94. The first-order valence-electron chi connectivity index (χ1n) is 4.64. The predicted octanol–water partition coefficient (Wildman–Crippen LogP) is 3.75. The van der Waals surface area contributed by atoms with Gasteiger partial charge in [0.1, 0.15) is 5.75 Å². The van der Waals surface area contributed by atoms with E-state index in [1.807, 2.05) is 57.2 Å². The zero-order chi connectivity index (χ0) is 10.1. The summed E-state index contributed by atoms with van der Waals surface area (Å²) in [5, 5.41) is 0. The molecule has 0 fully saturated rings. The molecule has 1 nitrogen and oxygen atoms in total. The van der Waals surface area contributed by atoms with Gasteiger partial charge in [-0.25, -0.2) is 0 Å². The summed E-state index contributed by atoms with van der Waals surface area (Å²) in [4.78, 5) is 0. The minimum Gasteiger partial charge on any atom is -0.496 e. The van der Waals surface area contributed by atoms with Crippen molar-refractivity contribution in [2.45, 2.75) is 20.8 Å². The maximum absolute atomic E-state index is 5.15. The number of ether oxygens (including phenoxy) is 1. The molecule has 0 spiro atoms. The highest BCUT2D eigenvalue weighted by Gasteiger charge is 1.94. The summed E-state index contributed by atoms with van der Waals surface area (Å²) in [7, 11) is 1.68. The van der Waals surface area contributed by atoms with Crippen molar-refractivity contribution < 1.29 is 4.74 Å². The Balaban J connectivity index is 0.000000671. The largest absolute Gasteiger partial charge is 0.496 e. The molecular formula is C12H18O. The van der Waals surface area contributed by atoms with Gasteiger partial charge >= 0.3 is 0 Å². The molecule has 13 heavy (non-hydrogen) atoms. The maximum Gasteiger partial charge on any atom is 0.126 e. The number of para-hydroxylation sites is 1. The summed E-state index contributed by atoms with van der Waals surface area (Å²) in [6.07, 6.45) is 4.02. The molecule has 0 saturated carbocycles. The van der Waals surface area contributed by atoms with E-state index in [4.69, 9.17) is 4.74 Å². The molecule has 0 N–H and O–H groups in total. The van der Waals surface area contributed by atoms with E-state index >= 15 is 0 Å². The number of benzene rings is 1. The SMILES string of the molecule is C/C=C/c1ccccc1OC.CC. The molecule has 0 heterocycles. The van der Waals surface area contributed by atoms with Gasteiger partial charge in [0, 0.05) is 5.56 Å². The quantitative estimate of drug-likeness (QED) is 0.670. The van der Waals surface area contributed by atoms with Gasteiger partial charge in [0.05, 0.1) is 7.11 Å². The fraction of sp³-hybridized carbons (Fsp3) is 0.333. The lowest BCUT2D eigenvalue weighted by Gasteiger charge is -2.02. The molecular weight excluding hydrogens is 160 g/mol. The smallest absolute Gasteiger partial charge is 0.126 e. The number of hydrogen-bond acceptors (Lipinski definition) is 1. The second-order valence-corrected chi connectivity index (χ2v) is 2.24. The highest BCUT2D eigenvalue weighted by molar-refractivity contribution is 5.56. The van der Waals surface area contributed by atoms with Gasteiger partial charge in [0.15, 0.2) is 0 Å². The molecule has 1 aromatic rings. The summed E-state index contributed by atoms with van der Waals surface area (Å²) in [5.74, 6) is 0.922. The standard InChI is InChI=1S/C10H12O.C2H6/c1-3-6-9-7-4-5-8-10(9)11-2;1-2/h3-8H,1-2H3;1-2H3/b6-3+;. The van der Waals surface area contributed by atoms with Gasteiger partial charge in [-0.05, 0) is 13.0 Å². The third-order valence-corrected chi connectivity index (χ3v) is 1.49. The summed E-state index contributed by atoms with van der Waals surface area (Å²) in [6.45, 7) is 5.99. The molecule has 72 valence electrons. The first-order valence-corrected chi connectivity index (χ1v) is 4.64. The third kappa shape index (κ3) is 3.79. The van der Waals surface area contributed by atoms with Crippen LogP contribution in [0.1, 0.15) is 26.3 Å². The molecule has 0 bridgehead atoms. The van der Waals surface area contributed by atoms with Gasteiger partial charge in [-0.1, -0.05) is 44.2 Å². The van der Waals surface area contributed by atoms with E-state index in [9.17, 15) is 0 Å². The fourth-order valence-electron chi connectivity index (χ4n) is 0.984. The summed E-state index contributed by atoms with van der Waals surface area (Å²) in [5.41, 5.74) is 1.12. The average Bonchev–Trinajstić information content (AvgIpc) is 2.22. The lowest BCUT2D eigenvalue weighted by atomic mass is 10.2. The molecule has 1 aromatic carbocycles. The highest BCUT2D eigenvalue weighted by atomic mass is 16.5.